The molecular weight excluding hydrogens is 607 g/mol. The topological polar surface area (TPSA) is 16.4 Å². The van der Waals surface area contributed by atoms with E-state index in [-0.39, 0.29) is 45.5 Å². The first kappa shape index (κ1) is 19.4. The number of hydrogen-bond acceptors (Lipinski definition) is 2. The van der Waals surface area contributed by atoms with Crippen LogP contribution in [-0.2, 0) is 0 Å². The van der Waals surface area contributed by atoms with E-state index in [1.165, 1.54) is 4.90 Å². The lowest BCUT2D eigenvalue weighted by Crippen LogP contribution is -2.10. The molecule has 0 radical (unpaired) electrons. The Balaban J connectivity index is 1.29. The minimum Gasteiger partial charge on any atom is -0.455 e. The number of furan rings is 1. The van der Waals surface area contributed by atoms with Crippen LogP contribution in [0.4, 0.5) is 17.1 Å². The fraction of sp³-hybridized carbons (Fsp3) is 0. The molecule has 0 unspecified atom stereocenters. The molecule has 2 nitrogen and oxygen atoms in total. The summed E-state index contributed by atoms with van der Waals surface area (Å²) in [6, 6.07) is 31.6. The van der Waals surface area contributed by atoms with Crippen LogP contribution in [0.3, 0.4) is 0 Å². The molecule has 9 aromatic carbocycles. The SMILES string of the molecule is [2H]c1c([2H])c(N(c2cccc(-c3cccc4oc5c6ccccc6ccc5c34)c2)c2c([2H])c([2H])c([2H])c3c([2H])c([2H])c([2H])c([2H])c23)c([2H])c([2H])c1-c1ccc2ccccc2c1. The van der Waals surface area contributed by atoms with Crippen molar-refractivity contribution in [2.24, 2.45) is 0 Å². The van der Waals surface area contributed by atoms with Crippen molar-refractivity contribution in [3.63, 3.8) is 0 Å². The molecule has 1 heterocycles. The summed E-state index contributed by atoms with van der Waals surface area (Å²) in [4.78, 5) is 1.28. The summed E-state index contributed by atoms with van der Waals surface area (Å²) in [6.07, 6.45) is 0. The van der Waals surface area contributed by atoms with Crippen molar-refractivity contribution in [3.05, 3.63) is 188 Å². The molecule has 0 amide bonds. The Kier molecular flexibility index (Phi) is 4.46. The van der Waals surface area contributed by atoms with Gasteiger partial charge < -0.3 is 9.32 Å². The van der Waals surface area contributed by atoms with Gasteiger partial charge in [-0.1, -0.05) is 139 Å². The Labute approximate surface area is 305 Å². The molecule has 2 heteroatoms. The Morgan fingerprint density at radius 2 is 1.22 bits per heavy atom. The minimum atomic E-state index is -0.640. The van der Waals surface area contributed by atoms with Gasteiger partial charge in [0, 0.05) is 32.9 Å². The van der Waals surface area contributed by atoms with Crippen molar-refractivity contribution in [1.29, 1.82) is 0 Å². The molecule has 0 bridgehead atoms. The third kappa shape index (κ3) is 4.65. The molecular formula is C48H31NO. The van der Waals surface area contributed by atoms with Crippen molar-refractivity contribution < 1.29 is 19.5 Å². The fourth-order valence-electron chi connectivity index (χ4n) is 6.85. The van der Waals surface area contributed by atoms with Crippen molar-refractivity contribution >= 4 is 71.3 Å². The van der Waals surface area contributed by atoms with Gasteiger partial charge in [-0.3, -0.25) is 0 Å². The van der Waals surface area contributed by atoms with Crippen LogP contribution in [0.25, 0.3) is 76.5 Å². The van der Waals surface area contributed by atoms with Crippen LogP contribution in [0.1, 0.15) is 15.1 Å². The molecule has 0 N–H and O–H groups in total. The van der Waals surface area contributed by atoms with Gasteiger partial charge in [-0.2, -0.15) is 0 Å². The van der Waals surface area contributed by atoms with E-state index >= 15 is 0 Å². The first-order valence-electron chi connectivity index (χ1n) is 21.7. The van der Waals surface area contributed by atoms with Gasteiger partial charge in [0.25, 0.3) is 0 Å². The second-order valence-corrected chi connectivity index (χ2v) is 12.1. The maximum Gasteiger partial charge on any atom is 0.143 e. The molecule has 10 aromatic rings. The van der Waals surface area contributed by atoms with Gasteiger partial charge >= 0.3 is 0 Å². The van der Waals surface area contributed by atoms with Crippen LogP contribution in [-0.4, -0.2) is 0 Å². The van der Waals surface area contributed by atoms with Crippen LogP contribution < -0.4 is 4.90 Å². The zero-order valence-electron chi connectivity index (χ0n) is 37.4. The summed E-state index contributed by atoms with van der Waals surface area (Å²) < 4.78 is 107. The lowest BCUT2D eigenvalue weighted by atomic mass is 9.97. The van der Waals surface area contributed by atoms with Crippen LogP contribution in [0.2, 0.25) is 0 Å². The molecule has 234 valence electrons. The van der Waals surface area contributed by atoms with E-state index in [1.54, 1.807) is 30.3 Å². The third-order valence-corrected chi connectivity index (χ3v) is 9.19. The summed E-state index contributed by atoms with van der Waals surface area (Å²) in [5, 5.41) is 4.84. The average molecular weight is 649 g/mol. The van der Waals surface area contributed by atoms with Crippen LogP contribution in [0.15, 0.2) is 192 Å². The maximum atomic E-state index is 9.58. The minimum absolute atomic E-state index is 0.0461. The van der Waals surface area contributed by atoms with E-state index in [9.17, 15) is 6.85 Å². The summed E-state index contributed by atoms with van der Waals surface area (Å²) in [7, 11) is 0. The highest BCUT2D eigenvalue weighted by molar-refractivity contribution is 6.19. The Morgan fingerprint density at radius 3 is 2.14 bits per heavy atom. The molecule has 0 fully saturated rings. The van der Waals surface area contributed by atoms with E-state index in [4.69, 9.17) is 12.6 Å². The van der Waals surface area contributed by atoms with Crippen molar-refractivity contribution in [2.75, 3.05) is 4.90 Å². The van der Waals surface area contributed by atoms with Crippen LogP contribution >= 0.6 is 0 Å². The molecule has 0 aliphatic rings. The Morgan fingerprint density at radius 1 is 0.440 bits per heavy atom. The molecule has 0 saturated carbocycles. The number of benzene rings is 9. The van der Waals surface area contributed by atoms with Crippen molar-refractivity contribution in [3.8, 4) is 22.3 Å². The van der Waals surface area contributed by atoms with E-state index < -0.39 is 54.4 Å². The smallest absolute Gasteiger partial charge is 0.143 e. The maximum absolute atomic E-state index is 9.58. The predicted octanol–water partition coefficient (Wildman–Crippen LogP) is 13.8. The average Bonchev–Trinajstić information content (AvgIpc) is 3.67. The molecule has 50 heavy (non-hydrogen) atoms. The molecule has 1 aromatic heterocycles. The predicted molar refractivity (Wildman–Crippen MR) is 212 cm³/mol. The fourth-order valence-corrected chi connectivity index (χ4v) is 6.85. The van der Waals surface area contributed by atoms with E-state index in [0.29, 0.717) is 22.3 Å². The summed E-state index contributed by atoms with van der Waals surface area (Å²) in [5.41, 5.74) is 2.87. The van der Waals surface area contributed by atoms with Gasteiger partial charge in [0.2, 0.25) is 0 Å². The zero-order chi connectivity index (χ0) is 42.6. The monoisotopic (exact) mass is 648 g/mol. The first-order chi connectivity index (χ1) is 29.4. The highest BCUT2D eigenvalue weighted by Gasteiger charge is 2.19. The van der Waals surface area contributed by atoms with Gasteiger partial charge in [-0.05, 0) is 92.3 Å². The normalized spacial score (nSPS) is 14.7. The number of rotatable bonds is 5. The number of nitrogens with zero attached hydrogens (tertiary/aromatic N) is 1. The second kappa shape index (κ2) is 11.5. The molecule has 0 atom stereocenters. The number of fused-ring (bicyclic) bond motifs is 7. The van der Waals surface area contributed by atoms with E-state index in [1.807, 2.05) is 91.0 Å². The lowest BCUT2D eigenvalue weighted by molar-refractivity contribution is 0.673. The summed E-state index contributed by atoms with van der Waals surface area (Å²) in [6.45, 7) is 0. The van der Waals surface area contributed by atoms with E-state index in [0.717, 1.165) is 37.9 Å². The summed E-state index contributed by atoms with van der Waals surface area (Å²) >= 11 is 0. The van der Waals surface area contributed by atoms with Gasteiger partial charge in [-0.25, -0.2) is 0 Å². The van der Waals surface area contributed by atoms with Gasteiger partial charge in [0.15, 0.2) is 0 Å². The van der Waals surface area contributed by atoms with E-state index in [2.05, 4.69) is 0 Å². The zero-order valence-corrected chi connectivity index (χ0v) is 26.4. The molecule has 0 spiro atoms. The van der Waals surface area contributed by atoms with Crippen molar-refractivity contribution in [2.45, 2.75) is 0 Å². The summed E-state index contributed by atoms with van der Waals surface area (Å²) in [5.74, 6) is 0. The van der Waals surface area contributed by atoms with Gasteiger partial charge in [0.05, 0.1) is 20.8 Å². The van der Waals surface area contributed by atoms with Gasteiger partial charge in [0.1, 0.15) is 11.2 Å². The van der Waals surface area contributed by atoms with Crippen LogP contribution in [0.5, 0.6) is 0 Å². The molecule has 10 rings (SSSR count). The quantitative estimate of drug-likeness (QED) is 0.185. The number of hydrogen-bond donors (Lipinski definition) is 0. The van der Waals surface area contributed by atoms with Crippen LogP contribution in [0, 0.1) is 0 Å². The van der Waals surface area contributed by atoms with Gasteiger partial charge in [-0.15, -0.1) is 0 Å². The highest BCUT2D eigenvalue weighted by atomic mass is 16.3. The molecule has 0 saturated heterocycles. The second-order valence-electron chi connectivity index (χ2n) is 12.1. The van der Waals surface area contributed by atoms with Crippen molar-refractivity contribution in [1.82, 2.24) is 0 Å². The standard InChI is InChI=1S/C48H31NO/c1-2-13-36-30-37(23-22-32(36)10-1)33-24-27-39(28-25-33)49(45-20-8-14-34-11-3-5-17-41(34)45)40-16-7-15-38(31-40)42-19-9-21-46-47(42)44-29-26-35-12-4-6-18-43(35)48(44)50-46/h1-31H/i3D,5D,8D,11D,14D,17D,20D,24D,25D,27D,28D. The molecule has 0 aliphatic heterocycles. The third-order valence-electron chi connectivity index (χ3n) is 9.19. The lowest BCUT2D eigenvalue weighted by Gasteiger charge is -2.27. The first-order valence-corrected chi connectivity index (χ1v) is 16.2. The number of anilines is 3. The Hall–Kier alpha value is -6.64. The highest BCUT2D eigenvalue weighted by Crippen LogP contribution is 2.43. The largest absolute Gasteiger partial charge is 0.455 e. The Bertz CT molecular complexity index is 3490. The molecule has 0 aliphatic carbocycles.